The van der Waals surface area contributed by atoms with E-state index in [1.807, 2.05) is 12.2 Å². The lowest BCUT2D eigenvalue weighted by molar-refractivity contribution is 0.505. The van der Waals surface area contributed by atoms with Crippen molar-refractivity contribution in [3.8, 4) is 0 Å². The van der Waals surface area contributed by atoms with Gasteiger partial charge in [-0.25, -0.2) is 4.79 Å². The molecule has 1 aromatic heterocycles. The minimum absolute atomic E-state index is 0.273. The Kier molecular flexibility index (Phi) is 1.01. The predicted molar refractivity (Wildman–Crippen MR) is 37.7 cm³/mol. The van der Waals surface area contributed by atoms with Gasteiger partial charge in [-0.05, 0) is 17.5 Å². The molecular formula is C8H6O2. The Bertz CT molecular complexity index is 333. The van der Waals surface area contributed by atoms with Crippen LogP contribution in [0.25, 0.3) is 6.08 Å². The lowest BCUT2D eigenvalue weighted by Gasteiger charge is -1.91. The van der Waals surface area contributed by atoms with Gasteiger partial charge in [0.05, 0.1) is 6.26 Å². The van der Waals surface area contributed by atoms with Crippen LogP contribution in [0.3, 0.4) is 0 Å². The monoisotopic (exact) mass is 134 g/mol. The van der Waals surface area contributed by atoms with Crippen LogP contribution in [0.5, 0.6) is 0 Å². The highest BCUT2D eigenvalue weighted by Gasteiger charge is 2.04. The molecule has 0 bridgehead atoms. The van der Waals surface area contributed by atoms with Crippen LogP contribution in [-0.2, 0) is 6.42 Å². The molecule has 2 rings (SSSR count). The Balaban J connectivity index is 2.71. The van der Waals surface area contributed by atoms with E-state index in [2.05, 4.69) is 4.42 Å². The minimum Gasteiger partial charge on any atom is -0.431 e. The molecule has 0 aromatic carbocycles. The molecule has 50 valence electrons. The van der Waals surface area contributed by atoms with Gasteiger partial charge in [0.1, 0.15) is 0 Å². The third-order valence-corrected chi connectivity index (χ3v) is 1.60. The van der Waals surface area contributed by atoms with Gasteiger partial charge in [-0.3, -0.25) is 0 Å². The van der Waals surface area contributed by atoms with Crippen LogP contribution >= 0.6 is 0 Å². The van der Waals surface area contributed by atoms with Gasteiger partial charge in [-0.15, -0.1) is 0 Å². The first-order chi connectivity index (χ1) is 4.86. The highest BCUT2D eigenvalue weighted by atomic mass is 16.4. The highest BCUT2D eigenvalue weighted by molar-refractivity contribution is 5.58. The average Bonchev–Trinajstić information content (AvgIpc) is 2.33. The summed E-state index contributed by atoms with van der Waals surface area (Å²) in [7, 11) is 0. The number of hydrogen-bond donors (Lipinski definition) is 0. The lowest BCUT2D eigenvalue weighted by atomic mass is 10.2. The van der Waals surface area contributed by atoms with E-state index >= 15 is 0 Å². The molecule has 10 heavy (non-hydrogen) atoms. The summed E-state index contributed by atoms with van der Waals surface area (Å²) in [5.41, 5.74) is 1.82. The zero-order chi connectivity index (χ0) is 6.97. The molecule has 0 radical (unpaired) electrons. The third-order valence-electron chi connectivity index (χ3n) is 1.60. The second-order valence-electron chi connectivity index (χ2n) is 2.29. The van der Waals surface area contributed by atoms with E-state index in [0.717, 1.165) is 17.5 Å². The van der Waals surface area contributed by atoms with Crippen LogP contribution < -0.4 is 5.63 Å². The molecule has 1 aliphatic rings. The predicted octanol–water partition coefficient (Wildman–Crippen LogP) is 1.21. The first-order valence-corrected chi connectivity index (χ1v) is 3.14. The fourth-order valence-electron chi connectivity index (χ4n) is 1.08. The Morgan fingerprint density at radius 1 is 1.50 bits per heavy atom. The molecular weight excluding hydrogens is 128 g/mol. The lowest BCUT2D eigenvalue weighted by Crippen LogP contribution is -1.97. The molecule has 0 atom stereocenters. The van der Waals surface area contributed by atoms with Crippen LogP contribution in [0.2, 0.25) is 0 Å². The van der Waals surface area contributed by atoms with E-state index in [1.54, 1.807) is 0 Å². The van der Waals surface area contributed by atoms with Gasteiger partial charge in [-0.2, -0.15) is 0 Å². The Morgan fingerprint density at radius 2 is 2.40 bits per heavy atom. The van der Waals surface area contributed by atoms with E-state index in [9.17, 15) is 4.79 Å². The Labute approximate surface area is 57.8 Å². The van der Waals surface area contributed by atoms with E-state index in [0.29, 0.717) is 0 Å². The van der Waals surface area contributed by atoms with Gasteiger partial charge in [0, 0.05) is 6.07 Å². The minimum atomic E-state index is -0.273. The molecule has 0 unspecified atom stereocenters. The summed E-state index contributed by atoms with van der Waals surface area (Å²) in [6.07, 6.45) is 6.36. The van der Waals surface area contributed by atoms with Gasteiger partial charge in [0.15, 0.2) is 0 Å². The number of allylic oxidation sites excluding steroid dienone is 1. The third kappa shape index (κ3) is 0.692. The van der Waals surface area contributed by atoms with Crippen molar-refractivity contribution in [1.82, 2.24) is 0 Å². The Morgan fingerprint density at radius 3 is 3.30 bits per heavy atom. The number of fused-ring (bicyclic) bond motifs is 1. The van der Waals surface area contributed by atoms with E-state index in [-0.39, 0.29) is 5.63 Å². The summed E-state index contributed by atoms with van der Waals surface area (Å²) in [5.74, 6) is 0. The fourth-order valence-corrected chi connectivity index (χ4v) is 1.08. The van der Waals surface area contributed by atoms with Crippen LogP contribution in [0.4, 0.5) is 0 Å². The van der Waals surface area contributed by atoms with Crippen molar-refractivity contribution in [1.29, 1.82) is 0 Å². The molecule has 0 amide bonds. The molecule has 0 spiro atoms. The first-order valence-electron chi connectivity index (χ1n) is 3.14. The highest BCUT2D eigenvalue weighted by Crippen LogP contribution is 2.15. The molecule has 0 fully saturated rings. The smallest absolute Gasteiger partial charge is 0.336 e. The van der Waals surface area contributed by atoms with Crippen LogP contribution in [0.15, 0.2) is 27.6 Å². The van der Waals surface area contributed by atoms with Crippen LogP contribution in [-0.4, -0.2) is 0 Å². The number of rotatable bonds is 0. The molecule has 1 heterocycles. The largest absolute Gasteiger partial charge is 0.431 e. The maximum absolute atomic E-state index is 10.6. The second-order valence-corrected chi connectivity index (χ2v) is 2.29. The van der Waals surface area contributed by atoms with Crippen molar-refractivity contribution in [2.24, 2.45) is 0 Å². The molecule has 0 aliphatic heterocycles. The van der Waals surface area contributed by atoms with Gasteiger partial charge >= 0.3 is 5.63 Å². The summed E-state index contributed by atoms with van der Waals surface area (Å²) < 4.78 is 4.67. The van der Waals surface area contributed by atoms with Gasteiger partial charge in [-0.1, -0.05) is 12.2 Å². The average molecular weight is 134 g/mol. The second kappa shape index (κ2) is 1.84. The summed E-state index contributed by atoms with van der Waals surface area (Å²) >= 11 is 0. The summed E-state index contributed by atoms with van der Waals surface area (Å²) in [6.45, 7) is 0. The van der Waals surface area contributed by atoms with E-state index < -0.39 is 0 Å². The SMILES string of the molecule is O=c1cc2c(co1)CC=C2. The van der Waals surface area contributed by atoms with E-state index in [1.165, 1.54) is 12.3 Å². The van der Waals surface area contributed by atoms with Crippen LogP contribution in [0.1, 0.15) is 11.1 Å². The number of hydrogen-bond acceptors (Lipinski definition) is 2. The van der Waals surface area contributed by atoms with Gasteiger partial charge in [0.25, 0.3) is 0 Å². The van der Waals surface area contributed by atoms with Crippen molar-refractivity contribution in [3.05, 3.63) is 40.0 Å². The normalized spacial score (nSPS) is 13.6. The molecule has 2 nitrogen and oxygen atoms in total. The molecule has 0 N–H and O–H groups in total. The standard InChI is InChI=1S/C8H6O2/c9-8-4-6-2-1-3-7(6)5-10-8/h1-2,4-5H,3H2. The maximum atomic E-state index is 10.6. The molecule has 2 heteroatoms. The zero-order valence-electron chi connectivity index (χ0n) is 5.33. The molecule has 0 saturated heterocycles. The van der Waals surface area contributed by atoms with E-state index in [4.69, 9.17) is 0 Å². The molecule has 0 saturated carbocycles. The van der Waals surface area contributed by atoms with Crippen molar-refractivity contribution >= 4 is 6.08 Å². The quantitative estimate of drug-likeness (QED) is 0.533. The zero-order valence-corrected chi connectivity index (χ0v) is 5.33. The molecule has 1 aliphatic carbocycles. The summed E-state index contributed by atoms with van der Waals surface area (Å²) in [4.78, 5) is 10.6. The van der Waals surface area contributed by atoms with Gasteiger partial charge in [0.2, 0.25) is 0 Å². The first kappa shape index (κ1) is 5.47. The fraction of sp³-hybridized carbons (Fsp3) is 0.125. The Hall–Kier alpha value is -1.31. The topological polar surface area (TPSA) is 30.2 Å². The van der Waals surface area contributed by atoms with Crippen molar-refractivity contribution in [2.75, 3.05) is 0 Å². The van der Waals surface area contributed by atoms with Crippen LogP contribution in [0, 0.1) is 0 Å². The maximum Gasteiger partial charge on any atom is 0.336 e. The van der Waals surface area contributed by atoms with Crippen molar-refractivity contribution in [3.63, 3.8) is 0 Å². The van der Waals surface area contributed by atoms with Crippen molar-refractivity contribution < 1.29 is 4.42 Å². The van der Waals surface area contributed by atoms with Crippen molar-refractivity contribution in [2.45, 2.75) is 6.42 Å². The van der Waals surface area contributed by atoms with Gasteiger partial charge < -0.3 is 4.42 Å². The molecule has 1 aromatic rings. The summed E-state index contributed by atoms with van der Waals surface area (Å²) in [6, 6.07) is 1.51. The summed E-state index contributed by atoms with van der Waals surface area (Å²) in [5, 5.41) is 0.